The molecule has 0 spiro atoms. The number of piperazine rings is 1. The summed E-state index contributed by atoms with van der Waals surface area (Å²) in [6, 6.07) is 7.82. The second-order valence-electron chi connectivity index (χ2n) is 6.58. The first kappa shape index (κ1) is 20.8. The first-order chi connectivity index (χ1) is 13.3. The fourth-order valence-electron chi connectivity index (χ4n) is 3.03. The molecule has 1 aromatic carbocycles. The normalized spacial score (nSPS) is 16.1. The van der Waals surface area contributed by atoms with Crippen LogP contribution in [0.1, 0.15) is 22.5 Å². The molecule has 2 aromatic rings. The summed E-state index contributed by atoms with van der Waals surface area (Å²) in [5.41, 5.74) is 1.01. The highest BCUT2D eigenvalue weighted by atomic mass is 35.5. The van der Waals surface area contributed by atoms with Gasteiger partial charge in [0.1, 0.15) is 16.5 Å². The van der Waals surface area contributed by atoms with Crippen LogP contribution in [-0.4, -0.2) is 59.5 Å². The fraction of sp³-hybridized carbons (Fsp3) is 0.389. The third-order valence-electron chi connectivity index (χ3n) is 4.57. The summed E-state index contributed by atoms with van der Waals surface area (Å²) < 4.78 is 38.1. The zero-order chi connectivity index (χ0) is 20.1. The van der Waals surface area contributed by atoms with Crippen LogP contribution in [-0.2, 0) is 23.9 Å². The minimum absolute atomic E-state index is 0.244. The molecule has 28 heavy (non-hydrogen) atoms. The van der Waals surface area contributed by atoms with Crippen molar-refractivity contribution in [2.24, 2.45) is 0 Å². The molecule has 0 saturated carbocycles. The zero-order valence-corrected chi connectivity index (χ0v) is 15.7. The van der Waals surface area contributed by atoms with Gasteiger partial charge in [-0.25, -0.2) is 9.97 Å². The SMILES string of the molecule is O=C[B]N1CCN(Cc2ccc(Cc3ncc(C(F)(F)F)c(Cl)n3)cc2)CC1. The van der Waals surface area contributed by atoms with Crippen LogP contribution < -0.4 is 0 Å². The lowest BCUT2D eigenvalue weighted by atomic mass is 9.93. The lowest BCUT2D eigenvalue weighted by molar-refractivity contribution is -0.138. The summed E-state index contributed by atoms with van der Waals surface area (Å²) in [6.07, 6.45) is -2.73. The molecule has 3 rings (SSSR count). The quantitative estimate of drug-likeness (QED) is 0.417. The minimum Gasteiger partial charge on any atom is -0.338 e. The molecule has 1 aromatic heterocycles. The van der Waals surface area contributed by atoms with Crippen LogP contribution in [0.2, 0.25) is 5.15 Å². The van der Waals surface area contributed by atoms with E-state index in [4.69, 9.17) is 11.6 Å². The maximum atomic E-state index is 12.7. The molecule has 1 saturated heterocycles. The Morgan fingerprint density at radius 3 is 2.32 bits per heavy atom. The Bertz CT molecular complexity index is 811. The highest BCUT2D eigenvalue weighted by Crippen LogP contribution is 2.33. The van der Waals surface area contributed by atoms with Crippen LogP contribution >= 0.6 is 11.6 Å². The zero-order valence-electron chi connectivity index (χ0n) is 15.0. The first-order valence-electron chi connectivity index (χ1n) is 8.76. The van der Waals surface area contributed by atoms with Crippen LogP contribution in [0.25, 0.3) is 0 Å². The molecule has 0 aliphatic carbocycles. The number of benzene rings is 1. The number of nitrogens with zero attached hydrogens (tertiary/aromatic N) is 4. The van der Waals surface area contributed by atoms with Gasteiger partial charge >= 0.3 is 6.18 Å². The van der Waals surface area contributed by atoms with Crippen molar-refractivity contribution in [1.29, 1.82) is 0 Å². The average molecular weight is 410 g/mol. The van der Waals surface area contributed by atoms with Crippen molar-refractivity contribution in [2.45, 2.75) is 19.1 Å². The van der Waals surface area contributed by atoms with Crippen LogP contribution in [0.5, 0.6) is 0 Å². The summed E-state index contributed by atoms with van der Waals surface area (Å²) >= 11 is 5.64. The van der Waals surface area contributed by atoms with Gasteiger partial charge in [0.25, 0.3) is 7.41 Å². The van der Waals surface area contributed by atoms with E-state index in [9.17, 15) is 18.0 Å². The predicted molar refractivity (Wildman–Crippen MR) is 101 cm³/mol. The van der Waals surface area contributed by atoms with Gasteiger partial charge in [0.05, 0.1) is 6.19 Å². The van der Waals surface area contributed by atoms with E-state index in [-0.39, 0.29) is 5.82 Å². The van der Waals surface area contributed by atoms with Crippen LogP contribution in [0.3, 0.4) is 0 Å². The maximum absolute atomic E-state index is 12.7. The Labute approximate surface area is 166 Å². The van der Waals surface area contributed by atoms with Gasteiger partial charge in [0, 0.05) is 45.3 Å². The Balaban J connectivity index is 1.56. The lowest BCUT2D eigenvalue weighted by Gasteiger charge is -2.33. The molecule has 0 unspecified atom stereocenters. The predicted octanol–water partition coefficient (Wildman–Crippen LogP) is 2.67. The summed E-state index contributed by atoms with van der Waals surface area (Å²) in [6.45, 7) is 4.21. The van der Waals surface area contributed by atoms with Crippen molar-refractivity contribution in [2.75, 3.05) is 26.2 Å². The van der Waals surface area contributed by atoms with E-state index in [0.717, 1.165) is 56.2 Å². The molecule has 2 heterocycles. The van der Waals surface area contributed by atoms with Gasteiger partial charge in [-0.2, -0.15) is 13.2 Å². The van der Waals surface area contributed by atoms with E-state index in [0.29, 0.717) is 6.42 Å². The molecule has 0 bridgehead atoms. The second kappa shape index (κ2) is 9.02. The van der Waals surface area contributed by atoms with E-state index >= 15 is 0 Å². The molecular formula is C18H18BClF3N4O. The van der Waals surface area contributed by atoms with Gasteiger partial charge in [0.15, 0.2) is 0 Å². The number of alkyl halides is 3. The van der Waals surface area contributed by atoms with E-state index in [1.165, 1.54) is 0 Å². The van der Waals surface area contributed by atoms with E-state index in [1.807, 2.05) is 29.1 Å². The third kappa shape index (κ3) is 5.53. The van der Waals surface area contributed by atoms with Crippen molar-refractivity contribution < 1.29 is 18.0 Å². The molecular weight excluding hydrogens is 391 g/mol. The fourth-order valence-corrected chi connectivity index (χ4v) is 3.28. The van der Waals surface area contributed by atoms with Crippen molar-refractivity contribution in [3.05, 3.63) is 58.1 Å². The molecule has 0 amide bonds. The van der Waals surface area contributed by atoms with Crippen molar-refractivity contribution in [1.82, 2.24) is 19.7 Å². The number of carbonyl (C=O) groups excluding carboxylic acids is 1. The Hall–Kier alpha value is -1.97. The summed E-state index contributed by atoms with van der Waals surface area (Å²) in [7, 11) is 1.57. The topological polar surface area (TPSA) is 49.3 Å². The number of carbonyl (C=O) groups is 1. The summed E-state index contributed by atoms with van der Waals surface area (Å²) in [5.74, 6) is 0.244. The van der Waals surface area contributed by atoms with Crippen LogP contribution in [0, 0.1) is 0 Å². The van der Waals surface area contributed by atoms with Crippen LogP contribution in [0.15, 0.2) is 30.5 Å². The molecule has 10 heteroatoms. The van der Waals surface area contributed by atoms with Gasteiger partial charge < -0.3 is 9.61 Å². The summed E-state index contributed by atoms with van der Waals surface area (Å²) in [5, 5.41) is -0.583. The maximum Gasteiger partial charge on any atom is 0.420 e. The highest BCUT2D eigenvalue weighted by molar-refractivity contribution is 6.64. The van der Waals surface area contributed by atoms with Gasteiger partial charge in [-0.3, -0.25) is 4.90 Å². The first-order valence-corrected chi connectivity index (χ1v) is 9.14. The van der Waals surface area contributed by atoms with E-state index in [2.05, 4.69) is 14.9 Å². The molecule has 5 nitrogen and oxygen atoms in total. The number of hydrogen-bond acceptors (Lipinski definition) is 5. The Morgan fingerprint density at radius 1 is 1.11 bits per heavy atom. The highest BCUT2D eigenvalue weighted by Gasteiger charge is 2.34. The third-order valence-corrected chi connectivity index (χ3v) is 4.86. The van der Waals surface area contributed by atoms with Crippen molar-refractivity contribution >= 4 is 25.2 Å². The minimum atomic E-state index is -4.56. The van der Waals surface area contributed by atoms with Crippen LogP contribution in [0.4, 0.5) is 13.2 Å². The number of aromatic nitrogens is 2. The summed E-state index contributed by atoms with van der Waals surface area (Å²) in [4.78, 5) is 22.4. The number of rotatable bonds is 6. The molecule has 1 radical (unpaired) electrons. The average Bonchev–Trinajstić information content (AvgIpc) is 2.64. The van der Waals surface area contributed by atoms with E-state index < -0.39 is 16.9 Å². The largest absolute Gasteiger partial charge is 0.420 e. The van der Waals surface area contributed by atoms with Crippen molar-refractivity contribution in [3.8, 4) is 0 Å². The standard InChI is InChI=1S/C18H18BClF3N4O/c20-17-15(18(21,22)23)10-24-16(25-17)9-13-1-3-14(4-2-13)11-26-5-7-27(8-6-26)19-12-28/h1-4,10,12H,5-9,11H2. The lowest BCUT2D eigenvalue weighted by Crippen LogP contribution is -2.47. The van der Waals surface area contributed by atoms with Gasteiger partial charge in [-0.1, -0.05) is 35.9 Å². The van der Waals surface area contributed by atoms with Crippen molar-refractivity contribution in [3.63, 3.8) is 0 Å². The monoisotopic (exact) mass is 409 g/mol. The molecule has 1 fully saturated rings. The Morgan fingerprint density at radius 2 is 1.75 bits per heavy atom. The Kier molecular flexibility index (Phi) is 6.69. The van der Waals surface area contributed by atoms with E-state index in [1.54, 1.807) is 7.41 Å². The van der Waals surface area contributed by atoms with Gasteiger partial charge in [-0.05, 0) is 11.1 Å². The molecule has 1 aliphatic heterocycles. The second-order valence-corrected chi connectivity index (χ2v) is 6.94. The molecule has 0 atom stereocenters. The number of halogens is 4. The number of hydrogen-bond donors (Lipinski definition) is 0. The smallest absolute Gasteiger partial charge is 0.338 e. The molecule has 147 valence electrons. The van der Waals surface area contributed by atoms with Gasteiger partial charge in [0.2, 0.25) is 0 Å². The molecule has 1 aliphatic rings. The van der Waals surface area contributed by atoms with Gasteiger partial charge in [-0.15, -0.1) is 0 Å². The molecule has 0 N–H and O–H groups in total.